The lowest BCUT2D eigenvalue weighted by Gasteiger charge is -2.28. The van der Waals surface area contributed by atoms with Gasteiger partial charge in [0.1, 0.15) is 32.7 Å². The lowest BCUT2D eigenvalue weighted by molar-refractivity contribution is -1.01. The number of benzene rings is 1. The number of nitrogens with zero attached hydrogens (tertiary/aromatic N) is 1. The lowest BCUT2D eigenvalue weighted by atomic mass is 10.1. The summed E-state index contributed by atoms with van der Waals surface area (Å²) in [5.74, 6) is 0.286. The molecule has 3 heterocycles. The van der Waals surface area contributed by atoms with Crippen LogP contribution in [0, 0.1) is 13.8 Å². The molecule has 2 aromatic rings. The number of quaternary nitrogens is 2. The first-order chi connectivity index (χ1) is 15.1. The van der Waals surface area contributed by atoms with E-state index in [1.54, 1.807) is 4.90 Å². The monoisotopic (exact) mass is 423 g/mol. The van der Waals surface area contributed by atoms with Crippen LogP contribution in [0.2, 0.25) is 0 Å². The molecule has 5 nitrogen and oxygen atoms in total. The summed E-state index contributed by atoms with van der Waals surface area (Å²) in [5.41, 5.74) is 4.44. The molecule has 166 valence electrons. The maximum absolute atomic E-state index is 13.1. The Morgan fingerprint density at radius 3 is 2.58 bits per heavy atom. The average molecular weight is 424 g/mol. The average Bonchev–Trinajstić information content (AvgIpc) is 3.39. The number of piperazine rings is 1. The van der Waals surface area contributed by atoms with E-state index >= 15 is 0 Å². The maximum atomic E-state index is 13.1. The van der Waals surface area contributed by atoms with E-state index in [1.165, 1.54) is 16.2 Å². The summed E-state index contributed by atoms with van der Waals surface area (Å²) in [6.07, 6.45) is 7.06. The molecule has 1 atom stereocenters. The lowest BCUT2D eigenvalue weighted by Crippen LogP contribution is -3.28. The Bertz CT molecular complexity index is 889. The maximum Gasteiger partial charge on any atom is 0.218 e. The summed E-state index contributed by atoms with van der Waals surface area (Å²) in [5, 5.41) is 0. The van der Waals surface area contributed by atoms with Crippen LogP contribution < -0.4 is 9.80 Å². The van der Waals surface area contributed by atoms with Gasteiger partial charge in [0, 0.05) is 30.1 Å². The van der Waals surface area contributed by atoms with Gasteiger partial charge in [0.15, 0.2) is 0 Å². The molecule has 2 saturated heterocycles. The first kappa shape index (κ1) is 22.0. The third-order valence-electron chi connectivity index (χ3n) is 6.88. The van der Waals surface area contributed by atoms with E-state index in [0.717, 1.165) is 70.0 Å². The van der Waals surface area contributed by atoms with Crippen molar-refractivity contribution in [1.82, 2.24) is 4.57 Å². The van der Waals surface area contributed by atoms with Gasteiger partial charge in [-0.15, -0.1) is 0 Å². The molecule has 0 amide bonds. The van der Waals surface area contributed by atoms with Gasteiger partial charge in [-0.05, 0) is 44.4 Å². The Kier molecular flexibility index (Phi) is 7.38. The van der Waals surface area contributed by atoms with Crippen molar-refractivity contribution in [3.63, 3.8) is 0 Å². The minimum atomic E-state index is 0.286. The summed E-state index contributed by atoms with van der Waals surface area (Å²) in [6, 6.07) is 12.6. The van der Waals surface area contributed by atoms with Crippen LogP contribution in [-0.4, -0.2) is 62.3 Å². The third kappa shape index (κ3) is 5.73. The molecule has 0 bridgehead atoms. The van der Waals surface area contributed by atoms with Crippen molar-refractivity contribution in [3.05, 3.63) is 65.0 Å². The summed E-state index contributed by atoms with van der Waals surface area (Å²) in [4.78, 5) is 16.1. The zero-order valence-electron chi connectivity index (χ0n) is 19.0. The summed E-state index contributed by atoms with van der Waals surface area (Å²) >= 11 is 0. The fraction of sp³-hybridized carbons (Fsp3) is 0.500. The van der Waals surface area contributed by atoms with E-state index in [1.807, 2.05) is 6.07 Å². The van der Waals surface area contributed by atoms with Gasteiger partial charge in [0.05, 0.1) is 12.6 Å². The molecule has 2 aliphatic heterocycles. The highest BCUT2D eigenvalue weighted by Gasteiger charge is 2.27. The Morgan fingerprint density at radius 2 is 1.87 bits per heavy atom. The number of carbonyl (C=O) groups is 1. The van der Waals surface area contributed by atoms with Crippen LogP contribution in [0.1, 0.15) is 40.2 Å². The van der Waals surface area contributed by atoms with E-state index in [2.05, 4.69) is 60.9 Å². The molecule has 2 N–H and O–H groups in total. The molecule has 0 aliphatic carbocycles. The summed E-state index contributed by atoms with van der Waals surface area (Å²) in [7, 11) is 0. The van der Waals surface area contributed by atoms with Crippen molar-refractivity contribution < 1.29 is 19.3 Å². The first-order valence-electron chi connectivity index (χ1n) is 11.8. The highest BCUT2D eigenvalue weighted by molar-refractivity contribution is 5.98. The van der Waals surface area contributed by atoms with Gasteiger partial charge < -0.3 is 19.1 Å². The van der Waals surface area contributed by atoms with Crippen molar-refractivity contribution in [2.24, 2.45) is 0 Å². The molecule has 31 heavy (non-hydrogen) atoms. The number of Topliss-reactive ketones (excluding diaryl/α,β-unsaturated/α-hetero) is 1. The molecule has 1 aromatic heterocycles. The van der Waals surface area contributed by atoms with E-state index in [4.69, 9.17) is 4.74 Å². The number of ether oxygens (including phenoxy) is 1. The SMILES string of the molecule is Cc1cc(C(=O)C[NH+]2CC[NH+](C/C=C/c3ccccc3)CC2)c(C)n1C[C@@H]1CCCO1. The van der Waals surface area contributed by atoms with Gasteiger partial charge in [0.25, 0.3) is 0 Å². The Morgan fingerprint density at radius 1 is 1.13 bits per heavy atom. The predicted octanol–water partition coefficient (Wildman–Crippen LogP) is 0.963. The Hall–Kier alpha value is -2.21. The van der Waals surface area contributed by atoms with Crippen LogP contribution in [0.25, 0.3) is 6.08 Å². The molecule has 2 aliphatic rings. The standard InChI is InChI=1S/C26H35N3O2/c1-21-18-25(22(2)29(21)19-24-11-7-17-31-24)26(30)20-28-15-13-27(14-16-28)12-6-10-23-8-4-3-5-9-23/h3-6,8-10,18,24H,7,11-17,19-20H2,1-2H3/p+2/b10-6+/t24-/m0/s1. The molecule has 4 rings (SSSR count). The highest BCUT2D eigenvalue weighted by atomic mass is 16.5. The van der Waals surface area contributed by atoms with E-state index in [-0.39, 0.29) is 5.78 Å². The minimum Gasteiger partial charge on any atom is -0.376 e. The Labute approximate surface area is 186 Å². The smallest absolute Gasteiger partial charge is 0.218 e. The predicted molar refractivity (Wildman–Crippen MR) is 124 cm³/mol. The molecular weight excluding hydrogens is 386 g/mol. The first-order valence-corrected chi connectivity index (χ1v) is 11.8. The van der Waals surface area contributed by atoms with E-state index in [9.17, 15) is 4.79 Å². The summed E-state index contributed by atoms with van der Waals surface area (Å²) < 4.78 is 8.08. The molecule has 1 aromatic carbocycles. The number of ketones is 1. The third-order valence-corrected chi connectivity index (χ3v) is 6.88. The zero-order chi connectivity index (χ0) is 21.6. The minimum absolute atomic E-state index is 0.286. The molecule has 2 fully saturated rings. The largest absolute Gasteiger partial charge is 0.376 e. The molecular formula is C26H37N3O2+2. The zero-order valence-corrected chi connectivity index (χ0v) is 19.0. The van der Waals surface area contributed by atoms with Gasteiger partial charge in [-0.1, -0.05) is 36.4 Å². The van der Waals surface area contributed by atoms with Gasteiger partial charge >= 0.3 is 0 Å². The Balaban J connectivity index is 1.26. The van der Waals surface area contributed by atoms with Crippen LogP contribution >= 0.6 is 0 Å². The fourth-order valence-electron chi connectivity index (χ4n) is 4.94. The highest BCUT2D eigenvalue weighted by Crippen LogP contribution is 2.20. The van der Waals surface area contributed by atoms with Gasteiger partial charge in [0.2, 0.25) is 5.78 Å². The second-order valence-corrected chi connectivity index (χ2v) is 9.15. The van der Waals surface area contributed by atoms with Crippen molar-refractivity contribution in [1.29, 1.82) is 0 Å². The molecule has 0 saturated carbocycles. The van der Waals surface area contributed by atoms with Crippen molar-refractivity contribution in [3.8, 4) is 0 Å². The normalized spacial score (nSPS) is 24.1. The fourth-order valence-corrected chi connectivity index (χ4v) is 4.94. The van der Waals surface area contributed by atoms with Crippen LogP contribution in [0.4, 0.5) is 0 Å². The number of aryl methyl sites for hydroxylation is 1. The number of aromatic nitrogens is 1. The topological polar surface area (TPSA) is 40.1 Å². The van der Waals surface area contributed by atoms with Crippen LogP contribution in [0.5, 0.6) is 0 Å². The van der Waals surface area contributed by atoms with Crippen LogP contribution in [0.3, 0.4) is 0 Å². The van der Waals surface area contributed by atoms with Crippen LogP contribution in [0.15, 0.2) is 42.5 Å². The molecule has 5 heteroatoms. The van der Waals surface area contributed by atoms with E-state index < -0.39 is 0 Å². The molecule has 0 unspecified atom stereocenters. The summed E-state index contributed by atoms with van der Waals surface area (Å²) in [6.45, 7) is 12.0. The van der Waals surface area contributed by atoms with Crippen LogP contribution in [-0.2, 0) is 11.3 Å². The molecule has 0 spiro atoms. The number of rotatable bonds is 8. The van der Waals surface area contributed by atoms with Crippen molar-refractivity contribution >= 4 is 11.9 Å². The van der Waals surface area contributed by atoms with Crippen molar-refractivity contribution in [2.75, 3.05) is 45.9 Å². The van der Waals surface area contributed by atoms with E-state index in [0.29, 0.717) is 12.6 Å². The second-order valence-electron chi connectivity index (χ2n) is 9.15. The van der Waals surface area contributed by atoms with Crippen molar-refractivity contribution in [2.45, 2.75) is 39.3 Å². The molecule has 0 radical (unpaired) electrons. The second kappa shape index (κ2) is 10.4. The number of hydrogen-bond acceptors (Lipinski definition) is 2. The number of carbonyl (C=O) groups excluding carboxylic acids is 1. The number of nitrogens with one attached hydrogen (secondary N) is 2. The van der Waals surface area contributed by atoms with Gasteiger partial charge in [-0.2, -0.15) is 0 Å². The van der Waals surface area contributed by atoms with Gasteiger partial charge in [-0.25, -0.2) is 0 Å². The quantitative estimate of drug-likeness (QED) is 0.621. The number of hydrogen-bond donors (Lipinski definition) is 2. The van der Waals surface area contributed by atoms with Gasteiger partial charge in [-0.3, -0.25) is 4.79 Å².